The van der Waals surface area contributed by atoms with Gasteiger partial charge in [0.15, 0.2) is 18.2 Å². The molecule has 130 valence electrons. The van der Waals surface area contributed by atoms with Crippen molar-refractivity contribution in [2.24, 2.45) is 0 Å². The Morgan fingerprint density at radius 2 is 1.92 bits per heavy atom. The molecular formula is C19H19FN2O3. The third kappa shape index (κ3) is 3.47. The predicted octanol–water partition coefficient (Wildman–Crippen LogP) is 2.30. The molecule has 0 unspecified atom stereocenters. The molecular weight excluding hydrogens is 323 g/mol. The van der Waals surface area contributed by atoms with E-state index in [0.29, 0.717) is 18.7 Å². The molecule has 5 nitrogen and oxygen atoms in total. The van der Waals surface area contributed by atoms with E-state index in [0.717, 1.165) is 5.56 Å². The molecule has 1 atom stereocenters. The molecule has 2 aromatic rings. The lowest BCUT2D eigenvalue weighted by Gasteiger charge is -2.24. The van der Waals surface area contributed by atoms with Gasteiger partial charge in [-0.25, -0.2) is 4.39 Å². The lowest BCUT2D eigenvalue weighted by Crippen LogP contribution is -2.49. The molecule has 2 amide bonds. The summed E-state index contributed by atoms with van der Waals surface area (Å²) in [5.74, 6) is -1.11. The number of para-hydroxylation sites is 2. The van der Waals surface area contributed by atoms with E-state index in [2.05, 4.69) is 5.32 Å². The predicted molar refractivity (Wildman–Crippen MR) is 92.0 cm³/mol. The highest BCUT2D eigenvalue weighted by atomic mass is 19.1. The van der Waals surface area contributed by atoms with Gasteiger partial charge in [-0.1, -0.05) is 30.3 Å². The zero-order valence-electron chi connectivity index (χ0n) is 13.9. The molecule has 1 N–H and O–H groups in total. The normalized spacial score (nSPS) is 15.6. The Balaban J connectivity index is 1.80. The lowest BCUT2D eigenvalue weighted by molar-refractivity contribution is -0.127. The fourth-order valence-corrected chi connectivity index (χ4v) is 2.97. The van der Waals surface area contributed by atoms with Crippen molar-refractivity contribution >= 4 is 17.5 Å². The Morgan fingerprint density at radius 3 is 2.68 bits per heavy atom. The lowest BCUT2D eigenvalue weighted by atomic mass is 10.1. The van der Waals surface area contributed by atoms with E-state index in [1.807, 2.05) is 25.1 Å². The van der Waals surface area contributed by atoms with Gasteiger partial charge in [-0.05, 0) is 30.7 Å². The van der Waals surface area contributed by atoms with Crippen LogP contribution in [0.25, 0.3) is 0 Å². The number of carbonyl (C=O) groups is 2. The maximum absolute atomic E-state index is 13.6. The number of benzene rings is 2. The number of amides is 2. The molecule has 0 saturated heterocycles. The van der Waals surface area contributed by atoms with Gasteiger partial charge in [0.25, 0.3) is 5.91 Å². The van der Waals surface area contributed by atoms with E-state index in [1.165, 1.54) is 17.0 Å². The maximum atomic E-state index is 13.6. The van der Waals surface area contributed by atoms with E-state index < -0.39 is 11.9 Å². The summed E-state index contributed by atoms with van der Waals surface area (Å²) in [5, 5.41) is 2.76. The summed E-state index contributed by atoms with van der Waals surface area (Å²) in [6.07, 6.45) is 0.452. The van der Waals surface area contributed by atoms with Crippen molar-refractivity contribution in [2.75, 3.05) is 18.1 Å². The van der Waals surface area contributed by atoms with Crippen LogP contribution < -0.4 is 15.0 Å². The first-order valence-electron chi connectivity index (χ1n) is 8.16. The quantitative estimate of drug-likeness (QED) is 0.907. The Labute approximate surface area is 145 Å². The second-order valence-electron chi connectivity index (χ2n) is 5.73. The Bertz CT molecular complexity index is 794. The number of halogens is 1. The van der Waals surface area contributed by atoms with Crippen molar-refractivity contribution in [1.29, 1.82) is 0 Å². The summed E-state index contributed by atoms with van der Waals surface area (Å²) in [4.78, 5) is 26.5. The van der Waals surface area contributed by atoms with Crippen molar-refractivity contribution in [3.63, 3.8) is 0 Å². The molecule has 0 spiro atoms. The molecule has 0 radical (unpaired) electrons. The van der Waals surface area contributed by atoms with Gasteiger partial charge in [0.05, 0.1) is 0 Å². The number of nitrogens with one attached hydrogen (secondary N) is 1. The number of anilines is 1. The van der Waals surface area contributed by atoms with Gasteiger partial charge in [-0.3, -0.25) is 14.5 Å². The molecule has 3 rings (SSSR count). The minimum atomic E-state index is -0.617. The number of fused-ring (bicyclic) bond motifs is 1. The molecule has 2 aromatic carbocycles. The van der Waals surface area contributed by atoms with Crippen molar-refractivity contribution in [3.05, 3.63) is 59.9 Å². The smallest absolute Gasteiger partial charge is 0.265 e. The second kappa shape index (κ2) is 7.34. The van der Waals surface area contributed by atoms with Gasteiger partial charge >= 0.3 is 0 Å². The summed E-state index contributed by atoms with van der Waals surface area (Å²) in [7, 11) is 0. The zero-order valence-corrected chi connectivity index (χ0v) is 13.9. The van der Waals surface area contributed by atoms with Crippen molar-refractivity contribution in [3.8, 4) is 5.75 Å². The maximum Gasteiger partial charge on any atom is 0.265 e. The van der Waals surface area contributed by atoms with Crippen LogP contribution in [0, 0.1) is 5.82 Å². The summed E-state index contributed by atoms with van der Waals surface area (Å²) < 4.78 is 19.0. The average molecular weight is 342 g/mol. The van der Waals surface area contributed by atoms with Crippen LogP contribution in [0.15, 0.2) is 48.5 Å². The van der Waals surface area contributed by atoms with Gasteiger partial charge in [0, 0.05) is 18.7 Å². The summed E-state index contributed by atoms with van der Waals surface area (Å²) in [6, 6.07) is 12.7. The van der Waals surface area contributed by atoms with Crippen molar-refractivity contribution in [2.45, 2.75) is 19.4 Å². The van der Waals surface area contributed by atoms with Crippen molar-refractivity contribution in [1.82, 2.24) is 5.32 Å². The molecule has 0 aromatic heterocycles. The van der Waals surface area contributed by atoms with E-state index in [9.17, 15) is 14.0 Å². The molecule has 1 aliphatic rings. The molecule has 1 heterocycles. The van der Waals surface area contributed by atoms with Gasteiger partial charge in [-0.2, -0.15) is 0 Å². The van der Waals surface area contributed by atoms with Gasteiger partial charge in [-0.15, -0.1) is 0 Å². The van der Waals surface area contributed by atoms with Gasteiger partial charge < -0.3 is 10.1 Å². The molecule has 1 aliphatic heterocycles. The summed E-state index contributed by atoms with van der Waals surface area (Å²) >= 11 is 0. The van der Waals surface area contributed by atoms with Crippen LogP contribution in [-0.2, 0) is 16.0 Å². The number of carbonyl (C=O) groups excluding carboxylic acids is 2. The highest BCUT2D eigenvalue weighted by Crippen LogP contribution is 2.32. The monoisotopic (exact) mass is 342 g/mol. The van der Waals surface area contributed by atoms with Crippen LogP contribution in [0.3, 0.4) is 0 Å². The highest BCUT2D eigenvalue weighted by molar-refractivity contribution is 6.04. The fraction of sp³-hybridized carbons (Fsp3) is 0.263. The fourth-order valence-electron chi connectivity index (χ4n) is 2.97. The minimum Gasteiger partial charge on any atom is -0.481 e. The first kappa shape index (κ1) is 17.0. The third-order valence-corrected chi connectivity index (χ3v) is 4.09. The zero-order chi connectivity index (χ0) is 17.8. The Hall–Kier alpha value is -2.89. The van der Waals surface area contributed by atoms with Crippen LogP contribution in [0.5, 0.6) is 5.75 Å². The Morgan fingerprint density at radius 1 is 1.20 bits per heavy atom. The number of nitrogens with zero attached hydrogens (tertiary/aromatic N) is 1. The van der Waals surface area contributed by atoms with Crippen LogP contribution in [0.2, 0.25) is 0 Å². The standard InChI is InChI=1S/C19H19FN2O3/c1-2-21-19(24)16-11-13-7-3-5-9-15(13)22(16)18(23)12-25-17-10-6-4-8-14(17)20/h3-10,16H,2,11-12H2,1H3,(H,21,24)/t16-/m0/s1. The Kier molecular flexibility index (Phi) is 4.97. The van der Waals surface area contributed by atoms with E-state index in [4.69, 9.17) is 4.74 Å². The van der Waals surface area contributed by atoms with E-state index in [-0.39, 0.29) is 24.2 Å². The molecule has 0 bridgehead atoms. The van der Waals surface area contributed by atoms with E-state index in [1.54, 1.807) is 18.2 Å². The number of ether oxygens (including phenoxy) is 1. The van der Waals surface area contributed by atoms with Crippen LogP contribution >= 0.6 is 0 Å². The molecule has 0 saturated carbocycles. The SMILES string of the molecule is CCNC(=O)[C@@H]1Cc2ccccc2N1C(=O)COc1ccccc1F. The first-order valence-corrected chi connectivity index (χ1v) is 8.16. The molecule has 25 heavy (non-hydrogen) atoms. The second-order valence-corrected chi connectivity index (χ2v) is 5.73. The highest BCUT2D eigenvalue weighted by Gasteiger charge is 2.38. The molecule has 6 heteroatoms. The minimum absolute atomic E-state index is 0.0119. The van der Waals surface area contributed by atoms with Crippen molar-refractivity contribution < 1.29 is 18.7 Å². The van der Waals surface area contributed by atoms with Crippen LogP contribution in [0.1, 0.15) is 12.5 Å². The third-order valence-electron chi connectivity index (χ3n) is 4.09. The summed E-state index contributed by atoms with van der Waals surface area (Å²) in [5.41, 5.74) is 1.62. The first-order chi connectivity index (χ1) is 12.1. The molecule has 0 aliphatic carbocycles. The molecule has 0 fully saturated rings. The van der Waals surface area contributed by atoms with Crippen LogP contribution in [-0.4, -0.2) is 31.0 Å². The van der Waals surface area contributed by atoms with E-state index >= 15 is 0 Å². The largest absolute Gasteiger partial charge is 0.481 e. The average Bonchev–Trinajstić information content (AvgIpc) is 3.01. The summed E-state index contributed by atoms with van der Waals surface area (Å²) in [6.45, 7) is 1.97. The van der Waals surface area contributed by atoms with Crippen LogP contribution in [0.4, 0.5) is 10.1 Å². The number of likely N-dealkylation sites (N-methyl/N-ethyl adjacent to an activating group) is 1. The van der Waals surface area contributed by atoms with Gasteiger partial charge in [0.2, 0.25) is 5.91 Å². The number of hydrogen-bond donors (Lipinski definition) is 1. The topological polar surface area (TPSA) is 58.6 Å². The van der Waals surface area contributed by atoms with Gasteiger partial charge in [0.1, 0.15) is 6.04 Å². The number of hydrogen-bond acceptors (Lipinski definition) is 3. The number of rotatable bonds is 5.